The minimum absolute atomic E-state index is 0.171. The zero-order valence-electron chi connectivity index (χ0n) is 18.5. The fourth-order valence-electron chi connectivity index (χ4n) is 2.60. The lowest BCUT2D eigenvalue weighted by Crippen LogP contribution is -2.43. The lowest BCUT2D eigenvalue weighted by molar-refractivity contribution is 0.0302. The van der Waals surface area contributed by atoms with Gasteiger partial charge in [0.1, 0.15) is 22.7 Å². The van der Waals surface area contributed by atoms with Crippen molar-refractivity contribution in [2.75, 3.05) is 33.2 Å². The number of hydrogen-bond donors (Lipinski definition) is 3. The average Bonchev–Trinajstić information content (AvgIpc) is 2.90. The van der Waals surface area contributed by atoms with Crippen molar-refractivity contribution in [2.24, 2.45) is 4.99 Å². The summed E-state index contributed by atoms with van der Waals surface area (Å²) in [5.41, 5.74) is -0.934. The number of likely N-dealkylation sites (N-methyl/N-ethyl adjacent to an activating group) is 1. The summed E-state index contributed by atoms with van der Waals surface area (Å²) >= 11 is 0. The molecule has 1 unspecified atom stereocenters. The van der Waals surface area contributed by atoms with Gasteiger partial charge in [-0.25, -0.2) is 9.79 Å². The number of ether oxygens (including phenoxy) is 1. The van der Waals surface area contributed by atoms with Gasteiger partial charge in [-0.2, -0.15) is 0 Å². The SMILES string of the molecule is CCNC(=NCC(C)(O)c1cc(C)oc1C)NCCN(C)C(=O)OC(C)(C)C. The molecule has 0 aromatic carbocycles. The van der Waals surface area contributed by atoms with Gasteiger partial charge in [-0.1, -0.05) is 0 Å². The van der Waals surface area contributed by atoms with E-state index in [9.17, 15) is 9.90 Å². The lowest BCUT2D eigenvalue weighted by Gasteiger charge is -2.25. The highest BCUT2D eigenvalue weighted by Gasteiger charge is 2.27. The first kappa shape index (κ1) is 23.8. The number of carbonyl (C=O) groups excluding carboxylic acids is 1. The molecule has 8 heteroatoms. The third-order valence-electron chi connectivity index (χ3n) is 3.96. The molecule has 0 aliphatic heterocycles. The number of amides is 1. The van der Waals surface area contributed by atoms with Crippen molar-refractivity contribution in [3.63, 3.8) is 0 Å². The number of hydrogen-bond acceptors (Lipinski definition) is 5. The first-order valence-electron chi connectivity index (χ1n) is 9.62. The highest BCUT2D eigenvalue weighted by atomic mass is 16.6. The van der Waals surface area contributed by atoms with Crippen LogP contribution < -0.4 is 10.6 Å². The van der Waals surface area contributed by atoms with E-state index in [-0.39, 0.29) is 12.6 Å². The Morgan fingerprint density at radius 2 is 1.93 bits per heavy atom. The van der Waals surface area contributed by atoms with Gasteiger partial charge in [0.05, 0.1) is 6.54 Å². The second kappa shape index (κ2) is 9.82. The molecule has 0 aliphatic carbocycles. The summed E-state index contributed by atoms with van der Waals surface area (Å²) in [4.78, 5) is 18.0. The van der Waals surface area contributed by atoms with Gasteiger partial charge in [-0.05, 0) is 54.5 Å². The Hall–Kier alpha value is -2.22. The van der Waals surface area contributed by atoms with Crippen molar-refractivity contribution in [1.82, 2.24) is 15.5 Å². The highest BCUT2D eigenvalue weighted by Crippen LogP contribution is 2.27. The van der Waals surface area contributed by atoms with Crippen LogP contribution in [0, 0.1) is 13.8 Å². The minimum Gasteiger partial charge on any atom is -0.466 e. The second-order valence-corrected chi connectivity index (χ2v) is 8.12. The number of nitrogens with zero attached hydrogens (tertiary/aromatic N) is 2. The smallest absolute Gasteiger partial charge is 0.410 e. The van der Waals surface area contributed by atoms with Crippen LogP contribution in [0.3, 0.4) is 0 Å². The van der Waals surface area contributed by atoms with Gasteiger partial charge in [-0.15, -0.1) is 0 Å². The Labute approximate surface area is 168 Å². The van der Waals surface area contributed by atoms with E-state index in [1.54, 1.807) is 14.0 Å². The van der Waals surface area contributed by atoms with E-state index in [1.165, 1.54) is 4.90 Å². The Morgan fingerprint density at radius 1 is 1.29 bits per heavy atom. The Balaban J connectivity index is 2.65. The van der Waals surface area contributed by atoms with E-state index in [1.807, 2.05) is 47.6 Å². The van der Waals surface area contributed by atoms with Gasteiger partial charge < -0.3 is 29.8 Å². The lowest BCUT2D eigenvalue weighted by atomic mass is 9.96. The van der Waals surface area contributed by atoms with Crippen LogP contribution in [0.2, 0.25) is 0 Å². The van der Waals surface area contributed by atoms with Crippen LogP contribution in [0.5, 0.6) is 0 Å². The normalized spacial score (nSPS) is 14.4. The Bertz CT molecular complexity index is 674. The molecular formula is C20H36N4O4. The molecule has 0 spiro atoms. The molecule has 1 aromatic rings. The molecule has 1 rings (SSSR count). The summed E-state index contributed by atoms with van der Waals surface area (Å²) in [5, 5.41) is 17.1. The molecule has 1 atom stereocenters. The molecule has 0 saturated heterocycles. The summed E-state index contributed by atoms with van der Waals surface area (Å²) < 4.78 is 10.8. The number of nitrogens with one attached hydrogen (secondary N) is 2. The Kier molecular flexibility index (Phi) is 8.35. The quantitative estimate of drug-likeness (QED) is 0.484. The van der Waals surface area contributed by atoms with Crippen molar-refractivity contribution < 1.29 is 19.1 Å². The van der Waals surface area contributed by atoms with Crippen LogP contribution in [-0.2, 0) is 10.3 Å². The molecule has 1 aromatic heterocycles. The van der Waals surface area contributed by atoms with Crippen LogP contribution in [0.15, 0.2) is 15.5 Å². The molecule has 3 N–H and O–H groups in total. The molecule has 8 nitrogen and oxygen atoms in total. The second-order valence-electron chi connectivity index (χ2n) is 8.12. The van der Waals surface area contributed by atoms with Crippen LogP contribution in [-0.4, -0.2) is 60.9 Å². The first-order valence-corrected chi connectivity index (χ1v) is 9.62. The largest absolute Gasteiger partial charge is 0.466 e. The van der Waals surface area contributed by atoms with Crippen molar-refractivity contribution in [3.05, 3.63) is 23.2 Å². The van der Waals surface area contributed by atoms with Crippen LogP contribution >= 0.6 is 0 Å². The number of carbonyl (C=O) groups is 1. The maximum Gasteiger partial charge on any atom is 0.410 e. The molecule has 160 valence electrons. The fourth-order valence-corrected chi connectivity index (χ4v) is 2.60. The molecule has 0 radical (unpaired) electrons. The van der Waals surface area contributed by atoms with Gasteiger partial charge in [-0.3, -0.25) is 0 Å². The summed E-state index contributed by atoms with van der Waals surface area (Å²) in [7, 11) is 1.69. The van der Waals surface area contributed by atoms with Crippen LogP contribution in [0.1, 0.15) is 51.7 Å². The van der Waals surface area contributed by atoms with E-state index < -0.39 is 11.2 Å². The molecular weight excluding hydrogens is 360 g/mol. The monoisotopic (exact) mass is 396 g/mol. The maximum atomic E-state index is 12.0. The Morgan fingerprint density at radius 3 is 2.43 bits per heavy atom. The van der Waals surface area contributed by atoms with Crippen LogP contribution in [0.25, 0.3) is 0 Å². The number of aryl methyl sites for hydroxylation is 2. The number of guanidine groups is 1. The summed E-state index contributed by atoms with van der Waals surface area (Å²) in [6.45, 7) is 14.7. The standard InChI is InChI=1S/C20H36N4O4/c1-9-21-17(22-10-11-24(8)18(25)28-19(4,5)6)23-13-20(7,26)16-12-14(2)27-15(16)3/h12,26H,9-11,13H2,1-8H3,(H2,21,22,23). The van der Waals surface area contributed by atoms with E-state index in [0.717, 1.165) is 11.3 Å². The third kappa shape index (κ3) is 7.80. The van der Waals surface area contributed by atoms with Crippen molar-refractivity contribution >= 4 is 12.1 Å². The van der Waals surface area contributed by atoms with Gasteiger partial charge in [0.2, 0.25) is 0 Å². The molecule has 28 heavy (non-hydrogen) atoms. The molecule has 0 aliphatic rings. The van der Waals surface area contributed by atoms with Gasteiger partial charge in [0.25, 0.3) is 0 Å². The molecule has 0 saturated carbocycles. The summed E-state index contributed by atoms with van der Waals surface area (Å²) in [6.07, 6.45) is -0.370. The zero-order chi connectivity index (χ0) is 21.5. The maximum absolute atomic E-state index is 12.0. The van der Waals surface area contributed by atoms with Crippen molar-refractivity contribution in [3.8, 4) is 0 Å². The van der Waals surface area contributed by atoms with Crippen LogP contribution in [0.4, 0.5) is 4.79 Å². The van der Waals surface area contributed by atoms with Gasteiger partial charge in [0, 0.05) is 32.2 Å². The minimum atomic E-state index is -1.14. The highest BCUT2D eigenvalue weighted by molar-refractivity contribution is 5.79. The average molecular weight is 397 g/mol. The zero-order valence-corrected chi connectivity index (χ0v) is 18.5. The molecule has 0 bridgehead atoms. The molecule has 1 amide bonds. The molecule has 0 fully saturated rings. The van der Waals surface area contributed by atoms with E-state index >= 15 is 0 Å². The number of rotatable bonds is 7. The summed E-state index contributed by atoms with van der Waals surface area (Å²) in [6, 6.07) is 1.83. The van der Waals surface area contributed by atoms with E-state index in [0.29, 0.717) is 31.4 Å². The predicted octanol–water partition coefficient (Wildman–Crippen LogP) is 2.53. The van der Waals surface area contributed by atoms with Gasteiger partial charge >= 0.3 is 6.09 Å². The third-order valence-corrected chi connectivity index (χ3v) is 3.96. The van der Waals surface area contributed by atoms with E-state index in [2.05, 4.69) is 15.6 Å². The summed E-state index contributed by atoms with van der Waals surface area (Å²) in [5.74, 6) is 2.01. The van der Waals surface area contributed by atoms with Crippen molar-refractivity contribution in [1.29, 1.82) is 0 Å². The van der Waals surface area contributed by atoms with Gasteiger partial charge in [0.15, 0.2) is 5.96 Å². The number of furan rings is 1. The first-order chi connectivity index (χ1) is 12.9. The van der Waals surface area contributed by atoms with E-state index in [4.69, 9.17) is 9.15 Å². The van der Waals surface area contributed by atoms with Crippen molar-refractivity contribution in [2.45, 2.75) is 59.7 Å². The predicted molar refractivity (Wildman–Crippen MR) is 111 cm³/mol. The fraction of sp³-hybridized carbons (Fsp3) is 0.700. The number of aliphatic hydroxyl groups is 1. The topological polar surface area (TPSA) is 99.3 Å². The molecule has 1 heterocycles. The number of aliphatic imine (C=N–C) groups is 1.